The molecule has 0 aliphatic heterocycles. The van der Waals surface area contributed by atoms with Crippen LogP contribution in [0.25, 0.3) is 0 Å². The summed E-state index contributed by atoms with van der Waals surface area (Å²) in [5.41, 5.74) is 6.56. The van der Waals surface area contributed by atoms with Gasteiger partial charge in [0, 0.05) is 10.9 Å². The Kier molecular flexibility index (Phi) is 5.92. The van der Waals surface area contributed by atoms with Gasteiger partial charge in [0.2, 0.25) is 5.91 Å². The van der Waals surface area contributed by atoms with Crippen molar-refractivity contribution in [3.05, 3.63) is 29.8 Å². The number of rotatable bonds is 5. The molecule has 1 aromatic rings. The first-order valence-electron chi connectivity index (χ1n) is 7.40. The van der Waals surface area contributed by atoms with Crippen LogP contribution in [0.4, 0.5) is 0 Å². The second-order valence-corrected chi connectivity index (χ2v) is 6.34. The lowest BCUT2D eigenvalue weighted by atomic mass is 10.0. The molecule has 0 spiro atoms. The first kappa shape index (κ1) is 15.4. The predicted molar refractivity (Wildman–Crippen MR) is 84.8 cm³/mol. The Balaban J connectivity index is 2.07. The molecule has 110 valence electrons. The van der Waals surface area contributed by atoms with Crippen LogP contribution >= 0.6 is 11.8 Å². The third-order valence-electron chi connectivity index (χ3n) is 3.99. The van der Waals surface area contributed by atoms with Gasteiger partial charge in [0.15, 0.2) is 0 Å². The summed E-state index contributed by atoms with van der Waals surface area (Å²) >= 11 is 1.70. The van der Waals surface area contributed by atoms with E-state index in [0.717, 1.165) is 18.4 Å². The molecule has 3 nitrogen and oxygen atoms in total. The SMILES string of the molecule is CSc1ccc(C(NC2CCCCCC2)C(N)=O)cc1. The molecule has 0 radical (unpaired) electrons. The Morgan fingerprint density at radius 3 is 2.30 bits per heavy atom. The number of hydrogen-bond acceptors (Lipinski definition) is 3. The molecule has 2 rings (SSSR count). The number of nitrogens with two attached hydrogens (primary N) is 1. The van der Waals surface area contributed by atoms with Crippen LogP contribution in [0.15, 0.2) is 29.2 Å². The number of primary amides is 1. The van der Waals surface area contributed by atoms with Crippen molar-refractivity contribution in [1.82, 2.24) is 5.32 Å². The quantitative estimate of drug-likeness (QED) is 0.647. The lowest BCUT2D eigenvalue weighted by Gasteiger charge is -2.23. The van der Waals surface area contributed by atoms with Crippen LogP contribution in [0.1, 0.15) is 50.1 Å². The van der Waals surface area contributed by atoms with E-state index in [1.54, 1.807) is 11.8 Å². The Morgan fingerprint density at radius 2 is 1.80 bits per heavy atom. The van der Waals surface area contributed by atoms with Crippen molar-refractivity contribution < 1.29 is 4.79 Å². The van der Waals surface area contributed by atoms with Gasteiger partial charge in [0.25, 0.3) is 0 Å². The van der Waals surface area contributed by atoms with E-state index in [4.69, 9.17) is 5.73 Å². The average molecular weight is 292 g/mol. The molecule has 1 aliphatic rings. The number of nitrogens with one attached hydrogen (secondary N) is 1. The van der Waals surface area contributed by atoms with Gasteiger partial charge in [-0.1, -0.05) is 37.8 Å². The molecule has 1 amide bonds. The highest BCUT2D eigenvalue weighted by atomic mass is 32.2. The highest BCUT2D eigenvalue weighted by Crippen LogP contribution is 2.23. The standard InChI is InChI=1S/C16H24N2OS/c1-20-14-10-8-12(9-11-14)15(16(17)19)18-13-6-4-2-3-5-7-13/h8-11,13,15,18H,2-7H2,1H3,(H2,17,19). The maximum Gasteiger partial charge on any atom is 0.239 e. The molecule has 4 heteroatoms. The van der Waals surface area contributed by atoms with Crippen molar-refractivity contribution >= 4 is 17.7 Å². The molecule has 0 heterocycles. The lowest BCUT2D eigenvalue weighted by molar-refractivity contribution is -0.120. The predicted octanol–water partition coefficient (Wildman–Crippen LogP) is 3.25. The van der Waals surface area contributed by atoms with Gasteiger partial charge in [-0.15, -0.1) is 11.8 Å². The molecule has 1 aromatic carbocycles. The number of hydrogen-bond donors (Lipinski definition) is 2. The summed E-state index contributed by atoms with van der Waals surface area (Å²) in [7, 11) is 0. The minimum Gasteiger partial charge on any atom is -0.368 e. The third kappa shape index (κ3) is 4.25. The normalized spacial score (nSPS) is 18.4. The Hall–Kier alpha value is -1.00. The number of amides is 1. The molecule has 1 unspecified atom stereocenters. The molecule has 1 aliphatic carbocycles. The van der Waals surface area contributed by atoms with E-state index in [-0.39, 0.29) is 11.9 Å². The molecule has 1 atom stereocenters. The van der Waals surface area contributed by atoms with Crippen LogP contribution in [0, 0.1) is 0 Å². The fraction of sp³-hybridized carbons (Fsp3) is 0.562. The average Bonchev–Trinajstić information content (AvgIpc) is 2.73. The summed E-state index contributed by atoms with van der Waals surface area (Å²) in [6.07, 6.45) is 9.44. The summed E-state index contributed by atoms with van der Waals surface area (Å²) < 4.78 is 0. The zero-order valence-electron chi connectivity index (χ0n) is 12.1. The minimum absolute atomic E-state index is 0.286. The van der Waals surface area contributed by atoms with Gasteiger partial charge in [-0.2, -0.15) is 0 Å². The topological polar surface area (TPSA) is 55.1 Å². The molecule has 1 fully saturated rings. The van der Waals surface area contributed by atoms with E-state index in [1.165, 1.54) is 30.6 Å². The van der Waals surface area contributed by atoms with Crippen LogP contribution in [-0.2, 0) is 4.79 Å². The van der Waals surface area contributed by atoms with Crippen LogP contribution in [-0.4, -0.2) is 18.2 Å². The van der Waals surface area contributed by atoms with Gasteiger partial charge in [0.1, 0.15) is 6.04 Å². The van der Waals surface area contributed by atoms with Gasteiger partial charge in [0.05, 0.1) is 0 Å². The fourth-order valence-corrected chi connectivity index (χ4v) is 3.23. The van der Waals surface area contributed by atoms with E-state index in [2.05, 4.69) is 5.32 Å². The van der Waals surface area contributed by atoms with Gasteiger partial charge in [-0.05, 0) is 36.8 Å². The van der Waals surface area contributed by atoms with Crippen LogP contribution < -0.4 is 11.1 Å². The molecule has 0 bridgehead atoms. The zero-order chi connectivity index (χ0) is 14.4. The first-order chi connectivity index (χ1) is 9.70. The molecule has 3 N–H and O–H groups in total. The number of carbonyl (C=O) groups excluding carboxylic acids is 1. The van der Waals surface area contributed by atoms with Crippen LogP contribution in [0.5, 0.6) is 0 Å². The van der Waals surface area contributed by atoms with Gasteiger partial charge < -0.3 is 5.73 Å². The highest BCUT2D eigenvalue weighted by Gasteiger charge is 2.22. The van der Waals surface area contributed by atoms with Crippen molar-refractivity contribution in [2.45, 2.75) is 55.5 Å². The Labute approximate surface area is 125 Å². The lowest BCUT2D eigenvalue weighted by Crippen LogP contribution is -2.39. The second-order valence-electron chi connectivity index (χ2n) is 5.46. The molecule has 1 saturated carbocycles. The highest BCUT2D eigenvalue weighted by molar-refractivity contribution is 7.98. The Morgan fingerprint density at radius 1 is 1.20 bits per heavy atom. The smallest absolute Gasteiger partial charge is 0.239 e. The summed E-state index contributed by atoms with van der Waals surface area (Å²) in [6, 6.07) is 8.15. The first-order valence-corrected chi connectivity index (χ1v) is 8.62. The number of carbonyl (C=O) groups is 1. The second kappa shape index (κ2) is 7.70. The van der Waals surface area contributed by atoms with Gasteiger partial charge >= 0.3 is 0 Å². The fourth-order valence-electron chi connectivity index (χ4n) is 2.82. The van der Waals surface area contributed by atoms with Crippen molar-refractivity contribution in [3.63, 3.8) is 0 Å². The summed E-state index contributed by atoms with van der Waals surface area (Å²) in [6.45, 7) is 0. The monoisotopic (exact) mass is 292 g/mol. The van der Waals surface area contributed by atoms with Crippen molar-refractivity contribution in [1.29, 1.82) is 0 Å². The largest absolute Gasteiger partial charge is 0.368 e. The number of benzene rings is 1. The molecule has 0 saturated heterocycles. The van der Waals surface area contributed by atoms with Crippen LogP contribution in [0.3, 0.4) is 0 Å². The van der Waals surface area contributed by atoms with E-state index in [1.807, 2.05) is 30.5 Å². The van der Waals surface area contributed by atoms with Gasteiger partial charge in [-0.25, -0.2) is 0 Å². The Bertz CT molecular complexity index is 425. The van der Waals surface area contributed by atoms with Crippen molar-refractivity contribution in [3.8, 4) is 0 Å². The summed E-state index contributed by atoms with van der Waals surface area (Å²) in [5, 5.41) is 3.47. The van der Waals surface area contributed by atoms with Crippen molar-refractivity contribution in [2.24, 2.45) is 5.73 Å². The maximum absolute atomic E-state index is 11.8. The van der Waals surface area contributed by atoms with Crippen LogP contribution in [0.2, 0.25) is 0 Å². The summed E-state index contributed by atoms with van der Waals surface area (Å²) in [4.78, 5) is 13.0. The van der Waals surface area contributed by atoms with E-state index in [0.29, 0.717) is 6.04 Å². The van der Waals surface area contributed by atoms with E-state index in [9.17, 15) is 4.79 Å². The number of thioether (sulfide) groups is 1. The zero-order valence-corrected chi connectivity index (χ0v) is 12.9. The molecular weight excluding hydrogens is 268 g/mol. The molecule has 20 heavy (non-hydrogen) atoms. The van der Waals surface area contributed by atoms with E-state index >= 15 is 0 Å². The summed E-state index contributed by atoms with van der Waals surface area (Å²) in [5.74, 6) is -0.286. The minimum atomic E-state index is -0.367. The van der Waals surface area contributed by atoms with E-state index < -0.39 is 0 Å². The van der Waals surface area contributed by atoms with Gasteiger partial charge in [-0.3, -0.25) is 10.1 Å². The molecular formula is C16H24N2OS. The molecule has 0 aromatic heterocycles. The maximum atomic E-state index is 11.8. The third-order valence-corrected chi connectivity index (χ3v) is 4.73. The van der Waals surface area contributed by atoms with Crippen molar-refractivity contribution in [2.75, 3.05) is 6.26 Å².